The van der Waals surface area contributed by atoms with E-state index in [1.807, 2.05) is 91.0 Å². The molecule has 1 aliphatic heterocycles. The van der Waals surface area contributed by atoms with Crippen LogP contribution < -0.4 is 10.1 Å². The van der Waals surface area contributed by atoms with E-state index >= 15 is 0 Å². The van der Waals surface area contributed by atoms with Crippen LogP contribution in [0.25, 0.3) is 0 Å². The molecule has 164 valence electrons. The molecule has 3 aromatic carbocycles. The van der Waals surface area contributed by atoms with Gasteiger partial charge in [0, 0.05) is 19.6 Å². The summed E-state index contributed by atoms with van der Waals surface area (Å²) < 4.78 is 5.62. The highest BCUT2D eigenvalue weighted by atomic mass is 16.5. The van der Waals surface area contributed by atoms with Gasteiger partial charge in [-0.3, -0.25) is 9.59 Å². The molecule has 5 nitrogen and oxygen atoms in total. The number of amides is 2. The Balaban J connectivity index is 1.42. The lowest BCUT2D eigenvalue weighted by Crippen LogP contribution is -2.53. The number of carbonyl (C=O) groups excluding carboxylic acids is 2. The smallest absolute Gasteiger partial charge is 0.260 e. The molecule has 1 fully saturated rings. The molecule has 5 heteroatoms. The second-order valence-corrected chi connectivity index (χ2v) is 8.10. The number of hydrogen-bond acceptors (Lipinski definition) is 3. The normalized spacial score (nSPS) is 15.1. The predicted molar refractivity (Wildman–Crippen MR) is 124 cm³/mol. The van der Waals surface area contributed by atoms with Crippen molar-refractivity contribution in [3.8, 4) is 5.75 Å². The summed E-state index contributed by atoms with van der Waals surface area (Å²) in [4.78, 5) is 27.9. The van der Waals surface area contributed by atoms with Gasteiger partial charge in [-0.05, 0) is 36.1 Å². The maximum Gasteiger partial charge on any atom is 0.260 e. The number of nitrogens with one attached hydrogen (secondary N) is 1. The summed E-state index contributed by atoms with van der Waals surface area (Å²) >= 11 is 0. The Hall–Kier alpha value is -3.60. The fourth-order valence-corrected chi connectivity index (χ4v) is 4.24. The van der Waals surface area contributed by atoms with Crippen molar-refractivity contribution in [1.82, 2.24) is 10.2 Å². The average Bonchev–Trinajstić information content (AvgIpc) is 2.87. The second-order valence-electron chi connectivity index (χ2n) is 8.10. The third-order valence-electron chi connectivity index (χ3n) is 6.13. The standard InChI is InChI=1S/C27H28N2O3/c30-25(21-32-24-14-8-3-9-15-24)29-18-16-27(17-19-29,23-12-6-2-7-13-23)26(31)28-20-22-10-4-1-5-11-22/h1-15H,16-21H2,(H,28,31). The summed E-state index contributed by atoms with van der Waals surface area (Å²) in [6.45, 7) is 1.53. The molecule has 0 aromatic heterocycles. The third-order valence-corrected chi connectivity index (χ3v) is 6.13. The summed E-state index contributed by atoms with van der Waals surface area (Å²) in [6.07, 6.45) is 1.16. The zero-order valence-corrected chi connectivity index (χ0v) is 18.1. The molecule has 1 heterocycles. The van der Waals surface area contributed by atoms with Crippen LogP contribution in [0, 0.1) is 0 Å². The van der Waals surface area contributed by atoms with Crippen LogP contribution in [0.1, 0.15) is 24.0 Å². The summed E-state index contributed by atoms with van der Waals surface area (Å²) in [6, 6.07) is 29.2. The van der Waals surface area contributed by atoms with Gasteiger partial charge in [0.1, 0.15) is 5.75 Å². The highest BCUT2D eigenvalue weighted by Gasteiger charge is 2.43. The topological polar surface area (TPSA) is 58.6 Å². The monoisotopic (exact) mass is 428 g/mol. The van der Waals surface area contributed by atoms with Crippen LogP contribution in [0.4, 0.5) is 0 Å². The fourth-order valence-electron chi connectivity index (χ4n) is 4.24. The maximum atomic E-state index is 13.4. The molecule has 0 saturated carbocycles. The first-order chi connectivity index (χ1) is 15.7. The van der Waals surface area contributed by atoms with E-state index in [2.05, 4.69) is 5.32 Å². The van der Waals surface area contributed by atoms with E-state index < -0.39 is 5.41 Å². The Morgan fingerprint density at radius 1 is 0.812 bits per heavy atom. The van der Waals surface area contributed by atoms with Crippen molar-refractivity contribution in [1.29, 1.82) is 0 Å². The zero-order chi connectivity index (χ0) is 22.2. The number of rotatable bonds is 7. The van der Waals surface area contributed by atoms with E-state index in [4.69, 9.17) is 4.74 Å². The first-order valence-corrected chi connectivity index (χ1v) is 11.0. The molecular formula is C27H28N2O3. The van der Waals surface area contributed by atoms with Gasteiger partial charge in [0.05, 0.1) is 5.41 Å². The van der Waals surface area contributed by atoms with Crippen molar-refractivity contribution >= 4 is 11.8 Å². The van der Waals surface area contributed by atoms with Crippen LogP contribution in [0.3, 0.4) is 0 Å². The first-order valence-electron chi connectivity index (χ1n) is 11.0. The van der Waals surface area contributed by atoms with E-state index in [0.717, 1.165) is 11.1 Å². The molecule has 1 saturated heterocycles. The molecule has 0 spiro atoms. The highest BCUT2D eigenvalue weighted by molar-refractivity contribution is 5.89. The molecule has 0 atom stereocenters. The van der Waals surface area contributed by atoms with E-state index in [-0.39, 0.29) is 18.4 Å². The Kier molecular flexibility index (Phi) is 6.85. The molecule has 1 N–H and O–H groups in total. The van der Waals surface area contributed by atoms with Gasteiger partial charge in [-0.25, -0.2) is 0 Å². The largest absolute Gasteiger partial charge is 0.484 e. The molecule has 2 amide bonds. The molecule has 3 aromatic rings. The van der Waals surface area contributed by atoms with Crippen molar-refractivity contribution in [2.24, 2.45) is 0 Å². The Labute approximate surface area is 189 Å². The molecule has 0 unspecified atom stereocenters. The van der Waals surface area contributed by atoms with E-state index in [9.17, 15) is 9.59 Å². The van der Waals surface area contributed by atoms with E-state index in [0.29, 0.717) is 38.2 Å². The quantitative estimate of drug-likeness (QED) is 0.620. The van der Waals surface area contributed by atoms with Gasteiger partial charge in [-0.1, -0.05) is 78.9 Å². The lowest BCUT2D eigenvalue weighted by atomic mass is 9.72. The van der Waals surface area contributed by atoms with Gasteiger partial charge < -0.3 is 15.0 Å². The van der Waals surface area contributed by atoms with E-state index in [1.165, 1.54) is 0 Å². The van der Waals surface area contributed by atoms with Crippen molar-refractivity contribution in [3.05, 3.63) is 102 Å². The Morgan fingerprint density at radius 3 is 2.00 bits per heavy atom. The number of benzene rings is 3. The second kappa shape index (κ2) is 10.1. The van der Waals surface area contributed by atoms with Crippen LogP contribution in [-0.2, 0) is 21.5 Å². The summed E-state index contributed by atoms with van der Waals surface area (Å²) in [5, 5.41) is 3.13. The summed E-state index contributed by atoms with van der Waals surface area (Å²) in [5.74, 6) is 0.636. The van der Waals surface area contributed by atoms with Crippen LogP contribution >= 0.6 is 0 Å². The maximum absolute atomic E-state index is 13.4. The lowest BCUT2D eigenvalue weighted by Gasteiger charge is -2.41. The number of piperidine rings is 1. The van der Waals surface area contributed by atoms with Gasteiger partial charge in [-0.15, -0.1) is 0 Å². The van der Waals surface area contributed by atoms with Crippen molar-refractivity contribution in [2.45, 2.75) is 24.8 Å². The molecular weight excluding hydrogens is 400 g/mol. The van der Waals surface area contributed by atoms with Gasteiger partial charge >= 0.3 is 0 Å². The van der Waals surface area contributed by atoms with Gasteiger partial charge in [0.25, 0.3) is 5.91 Å². The van der Waals surface area contributed by atoms with Gasteiger partial charge in [0.15, 0.2) is 6.61 Å². The third kappa shape index (κ3) is 4.99. The van der Waals surface area contributed by atoms with Crippen molar-refractivity contribution < 1.29 is 14.3 Å². The van der Waals surface area contributed by atoms with Crippen LogP contribution in [0.5, 0.6) is 5.75 Å². The van der Waals surface area contributed by atoms with Crippen molar-refractivity contribution in [2.75, 3.05) is 19.7 Å². The number of ether oxygens (including phenoxy) is 1. The number of nitrogens with zero attached hydrogens (tertiary/aromatic N) is 1. The first kappa shape index (κ1) is 21.6. The minimum Gasteiger partial charge on any atom is -0.484 e. The molecule has 0 bridgehead atoms. The van der Waals surface area contributed by atoms with E-state index in [1.54, 1.807) is 4.90 Å². The summed E-state index contributed by atoms with van der Waals surface area (Å²) in [5.41, 5.74) is 1.42. The van der Waals surface area contributed by atoms with Crippen LogP contribution in [-0.4, -0.2) is 36.4 Å². The SMILES string of the molecule is O=C(COc1ccccc1)N1CCC(C(=O)NCc2ccccc2)(c2ccccc2)CC1. The zero-order valence-electron chi connectivity index (χ0n) is 18.1. The molecule has 0 aliphatic carbocycles. The lowest BCUT2D eigenvalue weighted by molar-refractivity contribution is -0.138. The Bertz CT molecular complexity index is 1010. The van der Waals surface area contributed by atoms with Gasteiger partial charge in [-0.2, -0.15) is 0 Å². The van der Waals surface area contributed by atoms with Gasteiger partial charge in [0.2, 0.25) is 5.91 Å². The predicted octanol–water partition coefficient (Wildman–Crippen LogP) is 3.94. The molecule has 0 radical (unpaired) electrons. The van der Waals surface area contributed by atoms with Crippen molar-refractivity contribution in [3.63, 3.8) is 0 Å². The number of likely N-dealkylation sites (tertiary alicyclic amines) is 1. The minimum absolute atomic E-state index is 0.00253. The molecule has 4 rings (SSSR count). The molecule has 32 heavy (non-hydrogen) atoms. The Morgan fingerprint density at radius 2 is 1.38 bits per heavy atom. The number of hydrogen-bond donors (Lipinski definition) is 1. The number of carbonyl (C=O) groups is 2. The minimum atomic E-state index is -0.646. The highest BCUT2D eigenvalue weighted by Crippen LogP contribution is 2.36. The molecule has 1 aliphatic rings. The average molecular weight is 429 g/mol. The fraction of sp³-hybridized carbons (Fsp3) is 0.259. The number of para-hydroxylation sites is 1. The van der Waals surface area contributed by atoms with Crippen LogP contribution in [0.2, 0.25) is 0 Å². The van der Waals surface area contributed by atoms with Crippen LogP contribution in [0.15, 0.2) is 91.0 Å². The summed E-state index contributed by atoms with van der Waals surface area (Å²) in [7, 11) is 0.